The number of nitrogens with zero attached hydrogens (tertiary/aromatic N) is 1. The highest BCUT2D eigenvalue weighted by Gasteiger charge is 2.55. The molecule has 0 aromatic heterocycles. The molecular weight excluding hydrogens is 356 g/mol. The zero-order valence-electron chi connectivity index (χ0n) is 14.8. The molecule has 142 valence electrons. The normalized spacial score (nSPS) is 25.1. The first-order chi connectivity index (χ1) is 12.2. The number of fused-ring (bicyclic) bond motifs is 1. The Balaban J connectivity index is 1.65. The Hall–Kier alpha value is -2.09. The third kappa shape index (κ3) is 3.70. The molecule has 2 fully saturated rings. The van der Waals surface area contributed by atoms with Crippen LogP contribution in [0.4, 0.5) is 4.79 Å². The number of carboxylic acids is 1. The molecule has 1 aliphatic carbocycles. The van der Waals surface area contributed by atoms with Gasteiger partial charge < -0.3 is 15.3 Å². The fourth-order valence-electron chi connectivity index (χ4n) is 4.23. The van der Waals surface area contributed by atoms with Gasteiger partial charge >= 0.3 is 12.0 Å². The van der Waals surface area contributed by atoms with E-state index in [0.717, 1.165) is 18.4 Å². The standard InChI is InChI=1S/C18H24N2O5S/c1-26(24,25)11-14-6-3-2-5-13(14)9-19-17(23)20-10-15-7-4-8-18(15,12-20)16(21)22/h2-3,5-6,15H,4,7-12H2,1H3,(H,19,23)(H,21,22)/t15-,18+/m0/s1. The molecule has 0 spiro atoms. The molecule has 2 atom stereocenters. The number of aliphatic carboxylic acids is 1. The summed E-state index contributed by atoms with van der Waals surface area (Å²) < 4.78 is 23.1. The van der Waals surface area contributed by atoms with Crippen LogP contribution in [0.25, 0.3) is 0 Å². The molecule has 3 rings (SSSR count). The smallest absolute Gasteiger partial charge is 0.317 e. The van der Waals surface area contributed by atoms with E-state index in [1.807, 2.05) is 0 Å². The van der Waals surface area contributed by atoms with Gasteiger partial charge in [-0.2, -0.15) is 0 Å². The molecule has 2 N–H and O–H groups in total. The minimum absolute atomic E-state index is 0.0169. The van der Waals surface area contributed by atoms with E-state index >= 15 is 0 Å². The van der Waals surface area contributed by atoms with Crippen LogP contribution in [-0.2, 0) is 26.9 Å². The zero-order chi connectivity index (χ0) is 18.9. The molecule has 1 aromatic carbocycles. The molecule has 0 bridgehead atoms. The van der Waals surface area contributed by atoms with E-state index < -0.39 is 21.2 Å². The average Bonchev–Trinajstić information content (AvgIpc) is 3.10. The molecule has 1 aliphatic heterocycles. The van der Waals surface area contributed by atoms with Crippen LogP contribution in [0.15, 0.2) is 24.3 Å². The first kappa shape index (κ1) is 18.7. The third-order valence-electron chi connectivity index (χ3n) is 5.55. The van der Waals surface area contributed by atoms with E-state index in [9.17, 15) is 23.1 Å². The highest BCUT2D eigenvalue weighted by atomic mass is 32.2. The van der Waals surface area contributed by atoms with Gasteiger partial charge in [0, 0.05) is 25.9 Å². The quantitative estimate of drug-likeness (QED) is 0.808. The van der Waals surface area contributed by atoms with E-state index in [0.29, 0.717) is 18.5 Å². The average molecular weight is 380 g/mol. The predicted molar refractivity (Wildman–Crippen MR) is 96.2 cm³/mol. The number of rotatable bonds is 5. The van der Waals surface area contributed by atoms with Crippen molar-refractivity contribution in [2.75, 3.05) is 19.3 Å². The highest BCUT2D eigenvalue weighted by molar-refractivity contribution is 7.89. The summed E-state index contributed by atoms with van der Waals surface area (Å²) in [5.74, 6) is -0.871. The second kappa shape index (κ2) is 6.90. The fraction of sp³-hybridized carbons (Fsp3) is 0.556. The SMILES string of the molecule is CS(=O)(=O)Cc1ccccc1CNC(=O)N1C[C@@H]2CCC[C@@]2(C(=O)O)C1. The molecular formula is C18H24N2O5S. The lowest BCUT2D eigenvalue weighted by Crippen LogP contribution is -2.41. The molecule has 2 aliphatic rings. The van der Waals surface area contributed by atoms with Crippen LogP contribution >= 0.6 is 0 Å². The Morgan fingerprint density at radius 3 is 2.62 bits per heavy atom. The van der Waals surface area contributed by atoms with Crippen molar-refractivity contribution in [3.8, 4) is 0 Å². The summed E-state index contributed by atoms with van der Waals surface area (Å²) in [6, 6.07) is 6.80. The molecule has 26 heavy (non-hydrogen) atoms. The minimum atomic E-state index is -3.17. The van der Waals surface area contributed by atoms with Gasteiger partial charge in [0.05, 0.1) is 11.2 Å². The van der Waals surface area contributed by atoms with Crippen molar-refractivity contribution >= 4 is 21.8 Å². The van der Waals surface area contributed by atoms with Gasteiger partial charge in [0.15, 0.2) is 9.84 Å². The van der Waals surface area contributed by atoms with Crippen molar-refractivity contribution < 1.29 is 23.1 Å². The lowest BCUT2D eigenvalue weighted by atomic mass is 9.81. The number of nitrogens with one attached hydrogen (secondary N) is 1. The van der Waals surface area contributed by atoms with E-state index in [2.05, 4.69) is 5.32 Å². The van der Waals surface area contributed by atoms with E-state index in [-0.39, 0.29) is 30.8 Å². The monoisotopic (exact) mass is 380 g/mol. The summed E-state index contributed by atoms with van der Waals surface area (Å²) in [7, 11) is -3.17. The van der Waals surface area contributed by atoms with Crippen molar-refractivity contribution in [2.24, 2.45) is 11.3 Å². The summed E-state index contributed by atoms with van der Waals surface area (Å²) in [6.07, 6.45) is 3.53. The molecule has 7 nitrogen and oxygen atoms in total. The zero-order valence-corrected chi connectivity index (χ0v) is 15.6. The highest BCUT2D eigenvalue weighted by Crippen LogP contribution is 2.48. The van der Waals surface area contributed by atoms with Gasteiger partial charge in [-0.05, 0) is 29.9 Å². The summed E-state index contributed by atoms with van der Waals surface area (Å²) >= 11 is 0. The van der Waals surface area contributed by atoms with Crippen LogP contribution in [0.5, 0.6) is 0 Å². The van der Waals surface area contributed by atoms with E-state index in [1.165, 1.54) is 6.26 Å². The number of likely N-dealkylation sites (tertiary alicyclic amines) is 1. The number of carbonyl (C=O) groups excluding carboxylic acids is 1. The Morgan fingerprint density at radius 1 is 1.31 bits per heavy atom. The molecule has 1 aromatic rings. The lowest BCUT2D eigenvalue weighted by Gasteiger charge is -2.23. The van der Waals surface area contributed by atoms with Crippen LogP contribution in [-0.4, -0.2) is 49.8 Å². The molecule has 2 amide bonds. The molecule has 0 radical (unpaired) electrons. The minimum Gasteiger partial charge on any atom is -0.481 e. The molecule has 1 saturated carbocycles. The van der Waals surface area contributed by atoms with Crippen LogP contribution in [0.3, 0.4) is 0 Å². The second-order valence-corrected chi connectivity index (χ2v) is 9.57. The van der Waals surface area contributed by atoms with E-state index in [1.54, 1.807) is 29.2 Å². The number of benzene rings is 1. The van der Waals surface area contributed by atoms with Crippen molar-refractivity contribution in [1.82, 2.24) is 10.2 Å². The summed E-state index contributed by atoms with van der Waals surface area (Å²) in [5.41, 5.74) is 0.611. The van der Waals surface area contributed by atoms with Crippen molar-refractivity contribution in [3.63, 3.8) is 0 Å². The maximum Gasteiger partial charge on any atom is 0.317 e. The Morgan fingerprint density at radius 2 is 2.00 bits per heavy atom. The van der Waals surface area contributed by atoms with Crippen molar-refractivity contribution in [2.45, 2.75) is 31.6 Å². The van der Waals surface area contributed by atoms with Gasteiger partial charge in [-0.15, -0.1) is 0 Å². The van der Waals surface area contributed by atoms with Crippen LogP contribution in [0.2, 0.25) is 0 Å². The Bertz CT molecular complexity index is 823. The van der Waals surface area contributed by atoms with Gasteiger partial charge in [-0.1, -0.05) is 30.7 Å². The topological polar surface area (TPSA) is 104 Å². The number of urea groups is 1. The summed E-state index contributed by atoms with van der Waals surface area (Å²) in [4.78, 5) is 25.8. The Labute approximate surface area is 153 Å². The van der Waals surface area contributed by atoms with Gasteiger partial charge in [-0.25, -0.2) is 13.2 Å². The maximum absolute atomic E-state index is 12.5. The second-order valence-electron chi connectivity index (χ2n) is 7.43. The molecule has 1 saturated heterocycles. The van der Waals surface area contributed by atoms with Crippen LogP contribution < -0.4 is 5.32 Å². The molecule has 0 unspecified atom stereocenters. The number of hydrogen-bond donors (Lipinski definition) is 2. The predicted octanol–water partition coefficient (Wildman–Crippen LogP) is 1.63. The molecule has 1 heterocycles. The van der Waals surface area contributed by atoms with Crippen molar-refractivity contribution in [3.05, 3.63) is 35.4 Å². The van der Waals surface area contributed by atoms with E-state index in [4.69, 9.17) is 0 Å². The maximum atomic E-state index is 12.5. The first-order valence-electron chi connectivity index (χ1n) is 8.72. The third-order valence-corrected chi connectivity index (χ3v) is 6.39. The van der Waals surface area contributed by atoms with Crippen LogP contribution in [0, 0.1) is 11.3 Å². The van der Waals surface area contributed by atoms with Gasteiger partial charge in [-0.3, -0.25) is 4.79 Å². The summed E-state index contributed by atoms with van der Waals surface area (Å²) in [5, 5.41) is 12.4. The fourth-order valence-corrected chi connectivity index (χ4v) is 5.08. The van der Waals surface area contributed by atoms with Crippen molar-refractivity contribution in [1.29, 1.82) is 0 Å². The number of carboxylic acid groups (broad SMARTS) is 1. The lowest BCUT2D eigenvalue weighted by molar-refractivity contribution is -0.149. The van der Waals surface area contributed by atoms with Gasteiger partial charge in [0.1, 0.15) is 0 Å². The van der Waals surface area contributed by atoms with Gasteiger partial charge in [0.25, 0.3) is 0 Å². The summed E-state index contributed by atoms with van der Waals surface area (Å²) in [6.45, 7) is 0.915. The number of sulfone groups is 1. The number of hydrogen-bond acceptors (Lipinski definition) is 4. The number of carbonyl (C=O) groups is 2. The largest absolute Gasteiger partial charge is 0.481 e. The molecule has 8 heteroatoms. The number of amides is 2. The van der Waals surface area contributed by atoms with Gasteiger partial charge in [0.2, 0.25) is 0 Å². The first-order valence-corrected chi connectivity index (χ1v) is 10.8. The van der Waals surface area contributed by atoms with Crippen LogP contribution in [0.1, 0.15) is 30.4 Å². The Kier molecular flexibility index (Phi) is 4.96.